The predicted octanol–water partition coefficient (Wildman–Crippen LogP) is 4.83. The van der Waals surface area contributed by atoms with E-state index in [1.807, 2.05) is 50.2 Å². The molecule has 0 saturated heterocycles. The summed E-state index contributed by atoms with van der Waals surface area (Å²) in [4.78, 5) is 20.7. The highest BCUT2D eigenvalue weighted by Crippen LogP contribution is 2.42. The van der Waals surface area contributed by atoms with Gasteiger partial charge in [0.05, 0.1) is 5.25 Å². The minimum atomic E-state index is -0.264. The summed E-state index contributed by atoms with van der Waals surface area (Å²) >= 11 is 1.49. The molecule has 0 unspecified atom stereocenters. The Bertz CT molecular complexity index is 1190. The van der Waals surface area contributed by atoms with Crippen molar-refractivity contribution in [1.29, 1.82) is 0 Å². The number of hydrogen-bond acceptors (Lipinski definition) is 5. The predicted molar refractivity (Wildman–Crippen MR) is 114 cm³/mol. The van der Waals surface area contributed by atoms with Crippen molar-refractivity contribution in [2.24, 2.45) is 0 Å². The highest BCUT2D eigenvalue weighted by molar-refractivity contribution is 8.00. The molecular weight excluding hydrogens is 382 g/mol. The van der Waals surface area contributed by atoms with E-state index >= 15 is 0 Å². The molecule has 3 heterocycles. The average Bonchev–Trinajstić information content (AvgIpc) is 3.40. The van der Waals surface area contributed by atoms with Crippen LogP contribution in [0.25, 0.3) is 22.3 Å². The number of aryl methyl sites for hydroxylation is 1. The van der Waals surface area contributed by atoms with Crippen molar-refractivity contribution in [3.63, 3.8) is 0 Å². The zero-order chi connectivity index (χ0) is 20.0. The molecule has 7 heteroatoms. The van der Waals surface area contributed by atoms with Crippen LogP contribution in [0.5, 0.6) is 0 Å². The smallest absolute Gasteiger partial charge is 0.192 e. The van der Waals surface area contributed by atoms with Gasteiger partial charge in [0.15, 0.2) is 16.8 Å². The molecule has 0 bridgehead atoms. The van der Waals surface area contributed by atoms with Crippen molar-refractivity contribution < 1.29 is 4.79 Å². The number of nitrogens with zero attached hydrogens (tertiary/aromatic N) is 4. The van der Waals surface area contributed by atoms with Crippen LogP contribution in [0.2, 0.25) is 0 Å². The van der Waals surface area contributed by atoms with Crippen molar-refractivity contribution in [3.05, 3.63) is 60.0 Å². The maximum atomic E-state index is 13.3. The zero-order valence-corrected chi connectivity index (χ0v) is 17.1. The summed E-state index contributed by atoms with van der Waals surface area (Å²) < 4.78 is 2.19. The number of carbonyl (C=O) groups is 1. The van der Waals surface area contributed by atoms with Crippen LogP contribution in [0, 0.1) is 6.92 Å². The second kappa shape index (κ2) is 7.15. The lowest BCUT2D eigenvalue weighted by Crippen LogP contribution is -2.15. The molecule has 146 valence electrons. The highest BCUT2D eigenvalue weighted by atomic mass is 32.2. The molecule has 1 N–H and O–H groups in total. The van der Waals surface area contributed by atoms with E-state index in [1.165, 1.54) is 11.8 Å². The molecule has 1 aliphatic rings. The molecule has 1 aliphatic carbocycles. The topological polar surface area (TPSA) is 76.5 Å². The van der Waals surface area contributed by atoms with E-state index in [9.17, 15) is 4.79 Å². The molecule has 0 radical (unpaired) electrons. The average molecular weight is 404 g/mol. The molecular formula is C22H21N5OS. The van der Waals surface area contributed by atoms with Crippen LogP contribution in [0.3, 0.4) is 0 Å². The Labute approximate surface area is 172 Å². The Hall–Kier alpha value is -2.93. The number of aromatic nitrogens is 5. The van der Waals surface area contributed by atoms with Crippen molar-refractivity contribution in [2.45, 2.75) is 43.1 Å². The summed E-state index contributed by atoms with van der Waals surface area (Å²) in [6, 6.07) is 12.2. The number of ketones is 1. The third-order valence-electron chi connectivity index (χ3n) is 5.31. The first-order chi connectivity index (χ1) is 14.1. The molecule has 29 heavy (non-hydrogen) atoms. The number of rotatable bonds is 6. The van der Waals surface area contributed by atoms with Gasteiger partial charge in [0.2, 0.25) is 0 Å². The minimum absolute atomic E-state index is 0.112. The number of fused-ring (bicyclic) bond motifs is 1. The number of Topliss-reactive ketones (excluding diaryl/α,β-unsaturated/α-hetero) is 1. The first-order valence-corrected chi connectivity index (χ1v) is 10.6. The van der Waals surface area contributed by atoms with Crippen LogP contribution < -0.4 is 0 Å². The number of thioether (sulfide) groups is 1. The molecule has 4 aromatic rings. The Morgan fingerprint density at radius 1 is 1.17 bits per heavy atom. The van der Waals surface area contributed by atoms with Crippen LogP contribution in [0.15, 0.2) is 53.9 Å². The fourth-order valence-electron chi connectivity index (χ4n) is 3.73. The van der Waals surface area contributed by atoms with Crippen LogP contribution in [-0.4, -0.2) is 35.8 Å². The number of hydrogen-bond donors (Lipinski definition) is 1. The van der Waals surface area contributed by atoms with Gasteiger partial charge in [-0.05, 0) is 44.9 Å². The summed E-state index contributed by atoms with van der Waals surface area (Å²) in [5.41, 5.74) is 3.67. The van der Waals surface area contributed by atoms with Gasteiger partial charge in [0, 0.05) is 46.2 Å². The lowest BCUT2D eigenvalue weighted by atomic mass is 10.1. The number of aromatic amines is 1. The van der Waals surface area contributed by atoms with Crippen LogP contribution in [-0.2, 0) is 0 Å². The second-order valence-corrected chi connectivity index (χ2v) is 8.75. The molecule has 1 saturated carbocycles. The van der Waals surface area contributed by atoms with Crippen molar-refractivity contribution >= 4 is 28.4 Å². The van der Waals surface area contributed by atoms with Gasteiger partial charge in [0.1, 0.15) is 0 Å². The van der Waals surface area contributed by atoms with E-state index < -0.39 is 0 Å². The first kappa shape index (κ1) is 18.1. The number of benzene rings is 1. The fraction of sp³-hybridized carbons (Fsp3) is 0.273. The molecule has 0 spiro atoms. The second-order valence-electron chi connectivity index (χ2n) is 7.44. The largest absolute Gasteiger partial charge is 0.358 e. The van der Waals surface area contributed by atoms with Crippen LogP contribution in [0.4, 0.5) is 0 Å². The molecule has 1 fully saturated rings. The third kappa shape index (κ3) is 3.25. The lowest BCUT2D eigenvalue weighted by Gasteiger charge is -2.12. The number of carbonyl (C=O) groups excluding carboxylic acids is 1. The monoisotopic (exact) mass is 403 g/mol. The number of para-hydroxylation sites is 1. The summed E-state index contributed by atoms with van der Waals surface area (Å²) in [5.74, 6) is 0.959. The Kier molecular flexibility index (Phi) is 4.47. The van der Waals surface area contributed by atoms with Crippen molar-refractivity contribution in [2.75, 3.05) is 0 Å². The van der Waals surface area contributed by atoms with Gasteiger partial charge >= 0.3 is 0 Å². The summed E-state index contributed by atoms with van der Waals surface area (Å²) in [7, 11) is 0. The normalized spacial score (nSPS) is 15.0. The zero-order valence-electron chi connectivity index (χ0n) is 16.3. The van der Waals surface area contributed by atoms with E-state index in [2.05, 4.69) is 24.7 Å². The van der Waals surface area contributed by atoms with Crippen LogP contribution >= 0.6 is 11.8 Å². The SMILES string of the molecule is Cc1[nH]c2ccccc2c1C(=O)[C@H](C)Sc1nnc(-c2ccncc2)n1C1CC1. The van der Waals surface area contributed by atoms with E-state index in [0.717, 1.165) is 51.5 Å². The number of nitrogens with one attached hydrogen (secondary N) is 1. The van der Waals surface area contributed by atoms with Gasteiger partial charge < -0.3 is 4.98 Å². The van der Waals surface area contributed by atoms with Crippen molar-refractivity contribution in [3.8, 4) is 11.4 Å². The highest BCUT2D eigenvalue weighted by Gasteiger charge is 2.32. The summed E-state index contributed by atoms with van der Waals surface area (Å²) in [6.45, 7) is 3.91. The fourth-order valence-corrected chi connectivity index (χ4v) is 4.70. The molecule has 3 aromatic heterocycles. The Balaban J connectivity index is 1.47. The quantitative estimate of drug-likeness (QED) is 0.369. The summed E-state index contributed by atoms with van der Waals surface area (Å²) in [6.07, 6.45) is 5.77. The molecule has 0 amide bonds. The van der Waals surface area contributed by atoms with E-state index in [4.69, 9.17) is 0 Å². The van der Waals surface area contributed by atoms with E-state index in [1.54, 1.807) is 12.4 Å². The summed E-state index contributed by atoms with van der Waals surface area (Å²) in [5, 5.41) is 10.4. The lowest BCUT2D eigenvalue weighted by molar-refractivity contribution is 0.0995. The van der Waals surface area contributed by atoms with Gasteiger partial charge in [-0.25, -0.2) is 0 Å². The number of H-pyrrole nitrogens is 1. The van der Waals surface area contributed by atoms with Crippen molar-refractivity contribution in [1.82, 2.24) is 24.7 Å². The molecule has 1 atom stereocenters. The molecule has 1 aromatic carbocycles. The maximum Gasteiger partial charge on any atom is 0.192 e. The van der Waals surface area contributed by atoms with E-state index in [-0.39, 0.29) is 11.0 Å². The van der Waals surface area contributed by atoms with Gasteiger partial charge in [-0.2, -0.15) is 0 Å². The minimum Gasteiger partial charge on any atom is -0.358 e. The maximum absolute atomic E-state index is 13.3. The molecule has 6 nitrogen and oxygen atoms in total. The third-order valence-corrected chi connectivity index (χ3v) is 6.36. The van der Waals surface area contributed by atoms with Crippen LogP contribution in [0.1, 0.15) is 41.9 Å². The van der Waals surface area contributed by atoms with Gasteiger partial charge in [-0.1, -0.05) is 30.0 Å². The van der Waals surface area contributed by atoms with Gasteiger partial charge in [0.25, 0.3) is 0 Å². The molecule has 0 aliphatic heterocycles. The standard InChI is InChI=1S/C22H21N5OS/c1-13-19(17-5-3-4-6-18(17)24-13)20(28)14(2)29-22-26-25-21(27(22)16-7-8-16)15-9-11-23-12-10-15/h3-6,9-12,14,16,24H,7-8H2,1-2H3/t14-/m0/s1. The van der Waals surface area contributed by atoms with Gasteiger partial charge in [-0.3, -0.25) is 14.3 Å². The molecule has 5 rings (SSSR count). The number of pyridine rings is 1. The first-order valence-electron chi connectivity index (χ1n) is 9.77. The Morgan fingerprint density at radius 3 is 2.69 bits per heavy atom. The van der Waals surface area contributed by atoms with E-state index in [0.29, 0.717) is 6.04 Å². The van der Waals surface area contributed by atoms with Gasteiger partial charge in [-0.15, -0.1) is 10.2 Å². The Morgan fingerprint density at radius 2 is 1.93 bits per heavy atom.